The molecule has 1 amide bonds. The van der Waals surface area contributed by atoms with Gasteiger partial charge in [0.2, 0.25) is 5.91 Å². The van der Waals surface area contributed by atoms with E-state index in [0.29, 0.717) is 23.2 Å². The summed E-state index contributed by atoms with van der Waals surface area (Å²) in [6.45, 7) is 6.43. The Balaban J connectivity index is 1.93. The first kappa shape index (κ1) is 20.5. The predicted octanol–water partition coefficient (Wildman–Crippen LogP) is 3.64. The van der Waals surface area contributed by atoms with Gasteiger partial charge in [-0.1, -0.05) is 24.3 Å². The minimum absolute atomic E-state index is 0.0254. The number of rotatable bonds is 4. The van der Waals surface area contributed by atoms with E-state index in [2.05, 4.69) is 5.32 Å². The second-order valence-electron chi connectivity index (χ2n) is 8.08. The first-order valence-corrected chi connectivity index (χ1v) is 10.5. The number of para-hydroxylation sites is 1. The lowest BCUT2D eigenvalue weighted by atomic mass is 9.78. The molecule has 7 heteroatoms. The van der Waals surface area contributed by atoms with Crippen molar-refractivity contribution in [3.05, 3.63) is 53.6 Å². The summed E-state index contributed by atoms with van der Waals surface area (Å²) < 4.78 is 12.5. The van der Waals surface area contributed by atoms with Gasteiger partial charge >= 0.3 is 0 Å². The topological polar surface area (TPSA) is 54.0 Å². The normalized spacial score (nSPS) is 24.4. The molecule has 30 heavy (non-hydrogen) atoms. The Bertz CT molecular complexity index is 1010. The van der Waals surface area contributed by atoms with Crippen molar-refractivity contribution < 1.29 is 14.3 Å². The molecule has 2 bridgehead atoms. The SMILES string of the molecule is CCOc1cccc2c1OC1(C)C(C(=O)N(C)C)C2NC(=S)N1c1cccc(C)c1. The molecule has 2 aliphatic rings. The second-order valence-corrected chi connectivity index (χ2v) is 8.46. The molecule has 0 aliphatic carbocycles. The molecule has 3 unspecified atom stereocenters. The zero-order chi connectivity index (χ0) is 21.6. The van der Waals surface area contributed by atoms with Crippen molar-refractivity contribution in [3.8, 4) is 11.5 Å². The van der Waals surface area contributed by atoms with Crippen LogP contribution in [0.3, 0.4) is 0 Å². The van der Waals surface area contributed by atoms with Crippen LogP contribution < -0.4 is 19.7 Å². The van der Waals surface area contributed by atoms with Gasteiger partial charge in [0, 0.05) is 25.3 Å². The molecule has 158 valence electrons. The molecule has 1 saturated heterocycles. The average molecular weight is 426 g/mol. The number of hydrogen-bond donors (Lipinski definition) is 1. The van der Waals surface area contributed by atoms with Crippen LogP contribution in [0.4, 0.5) is 5.69 Å². The van der Waals surface area contributed by atoms with E-state index < -0.39 is 11.6 Å². The first-order valence-electron chi connectivity index (χ1n) is 10.1. The van der Waals surface area contributed by atoms with Crippen molar-refractivity contribution in [1.82, 2.24) is 10.2 Å². The highest BCUT2D eigenvalue weighted by Crippen LogP contribution is 2.52. The summed E-state index contributed by atoms with van der Waals surface area (Å²) in [4.78, 5) is 16.9. The third-order valence-corrected chi connectivity index (χ3v) is 6.06. The summed E-state index contributed by atoms with van der Waals surface area (Å²) in [5.41, 5.74) is 1.83. The Morgan fingerprint density at radius 2 is 2.03 bits per heavy atom. The lowest BCUT2D eigenvalue weighted by Crippen LogP contribution is -2.72. The molecule has 2 aromatic carbocycles. The largest absolute Gasteiger partial charge is 0.490 e. The van der Waals surface area contributed by atoms with E-state index in [4.69, 9.17) is 21.7 Å². The van der Waals surface area contributed by atoms with Crippen LogP contribution in [0, 0.1) is 12.8 Å². The Labute approximate surface area is 182 Å². The molecule has 0 spiro atoms. The van der Waals surface area contributed by atoms with Crippen molar-refractivity contribution in [2.75, 3.05) is 25.6 Å². The fourth-order valence-electron chi connectivity index (χ4n) is 4.45. The van der Waals surface area contributed by atoms with Crippen molar-refractivity contribution >= 4 is 28.9 Å². The molecule has 1 N–H and O–H groups in total. The summed E-state index contributed by atoms with van der Waals surface area (Å²) in [6.07, 6.45) is 0. The van der Waals surface area contributed by atoms with E-state index in [1.807, 2.05) is 68.1 Å². The summed E-state index contributed by atoms with van der Waals surface area (Å²) >= 11 is 5.78. The van der Waals surface area contributed by atoms with Crippen LogP contribution in [0.5, 0.6) is 11.5 Å². The van der Waals surface area contributed by atoms with E-state index in [9.17, 15) is 4.79 Å². The van der Waals surface area contributed by atoms with E-state index in [-0.39, 0.29) is 11.9 Å². The quantitative estimate of drug-likeness (QED) is 0.755. The van der Waals surface area contributed by atoms with Gasteiger partial charge in [-0.3, -0.25) is 9.69 Å². The standard InChI is InChI=1S/C23H27N3O3S/c1-6-28-17-12-8-11-16-19-18(21(27)25(4)5)23(3,29-20(16)17)26(22(30)24-19)15-10-7-9-14(2)13-15/h7-13,18-19H,6H2,1-5H3,(H,24,30). The Morgan fingerprint density at radius 1 is 1.30 bits per heavy atom. The fraction of sp³-hybridized carbons (Fsp3) is 0.391. The maximum atomic E-state index is 13.4. The first-order chi connectivity index (χ1) is 14.3. The number of nitrogens with zero attached hydrogens (tertiary/aromatic N) is 2. The minimum Gasteiger partial charge on any atom is -0.490 e. The zero-order valence-corrected chi connectivity index (χ0v) is 18.7. The van der Waals surface area contributed by atoms with Gasteiger partial charge in [0.1, 0.15) is 5.92 Å². The molecule has 0 radical (unpaired) electrons. The average Bonchev–Trinajstić information content (AvgIpc) is 2.68. The molecule has 2 aliphatic heterocycles. The number of anilines is 1. The van der Waals surface area contributed by atoms with Crippen molar-refractivity contribution in [2.24, 2.45) is 5.92 Å². The smallest absolute Gasteiger partial charge is 0.233 e. The number of aryl methyl sites for hydroxylation is 1. The van der Waals surface area contributed by atoms with Crippen LogP contribution in [0.2, 0.25) is 0 Å². The van der Waals surface area contributed by atoms with Crippen LogP contribution in [-0.4, -0.2) is 42.3 Å². The molecule has 0 saturated carbocycles. The number of ether oxygens (including phenoxy) is 2. The van der Waals surface area contributed by atoms with Gasteiger partial charge in [-0.05, 0) is 56.8 Å². The number of fused-ring (bicyclic) bond motifs is 4. The van der Waals surface area contributed by atoms with Gasteiger partial charge in [0.05, 0.1) is 12.6 Å². The third kappa shape index (κ3) is 3.08. The summed E-state index contributed by atoms with van der Waals surface area (Å²) in [5.74, 6) is 0.787. The zero-order valence-electron chi connectivity index (χ0n) is 17.9. The van der Waals surface area contributed by atoms with E-state index >= 15 is 0 Å². The highest BCUT2D eigenvalue weighted by molar-refractivity contribution is 7.80. The van der Waals surface area contributed by atoms with Gasteiger partial charge in [-0.15, -0.1) is 0 Å². The molecular weight excluding hydrogens is 398 g/mol. The Hall–Kier alpha value is -2.80. The van der Waals surface area contributed by atoms with E-state index in [1.54, 1.807) is 19.0 Å². The van der Waals surface area contributed by atoms with Gasteiger partial charge < -0.3 is 19.7 Å². The molecule has 6 nitrogen and oxygen atoms in total. The highest BCUT2D eigenvalue weighted by Gasteiger charge is 2.59. The van der Waals surface area contributed by atoms with Crippen LogP contribution >= 0.6 is 12.2 Å². The van der Waals surface area contributed by atoms with E-state index in [1.165, 1.54) is 0 Å². The number of thiocarbonyl (C=S) groups is 1. The lowest BCUT2D eigenvalue weighted by Gasteiger charge is -2.56. The van der Waals surface area contributed by atoms with Gasteiger partial charge in [0.15, 0.2) is 22.3 Å². The van der Waals surface area contributed by atoms with Gasteiger partial charge in [0.25, 0.3) is 0 Å². The monoisotopic (exact) mass is 425 g/mol. The molecular formula is C23H27N3O3S. The van der Waals surface area contributed by atoms with Gasteiger partial charge in [-0.25, -0.2) is 0 Å². The molecule has 2 aromatic rings. The maximum Gasteiger partial charge on any atom is 0.233 e. The fourth-order valence-corrected chi connectivity index (χ4v) is 4.86. The summed E-state index contributed by atoms with van der Waals surface area (Å²) in [5, 5.41) is 3.96. The van der Waals surface area contributed by atoms with Crippen LogP contribution in [-0.2, 0) is 4.79 Å². The lowest BCUT2D eigenvalue weighted by molar-refractivity contribution is -0.144. The number of carbonyl (C=O) groups is 1. The number of hydrogen-bond acceptors (Lipinski definition) is 4. The molecule has 4 rings (SSSR count). The number of nitrogens with one attached hydrogen (secondary N) is 1. The second kappa shape index (κ2) is 7.47. The minimum atomic E-state index is -1.03. The Kier molecular flexibility index (Phi) is 5.10. The molecule has 3 atom stereocenters. The van der Waals surface area contributed by atoms with Gasteiger partial charge in [-0.2, -0.15) is 0 Å². The number of benzene rings is 2. The molecule has 2 heterocycles. The molecule has 0 aromatic heterocycles. The van der Waals surface area contributed by atoms with Crippen LogP contribution in [0.15, 0.2) is 42.5 Å². The van der Waals surface area contributed by atoms with E-state index in [0.717, 1.165) is 16.8 Å². The number of amides is 1. The third-order valence-electron chi connectivity index (χ3n) is 5.76. The maximum absolute atomic E-state index is 13.4. The predicted molar refractivity (Wildman–Crippen MR) is 121 cm³/mol. The van der Waals surface area contributed by atoms with Crippen LogP contribution in [0.1, 0.15) is 31.0 Å². The molecule has 1 fully saturated rings. The highest BCUT2D eigenvalue weighted by atomic mass is 32.1. The van der Waals surface area contributed by atoms with Crippen LogP contribution in [0.25, 0.3) is 0 Å². The summed E-state index contributed by atoms with van der Waals surface area (Å²) in [6, 6.07) is 13.5. The Morgan fingerprint density at radius 3 is 2.70 bits per heavy atom. The van der Waals surface area contributed by atoms with Crippen molar-refractivity contribution in [1.29, 1.82) is 0 Å². The van der Waals surface area contributed by atoms with Crippen molar-refractivity contribution in [2.45, 2.75) is 32.5 Å². The number of carbonyl (C=O) groups excluding carboxylic acids is 1. The summed E-state index contributed by atoms with van der Waals surface area (Å²) in [7, 11) is 3.53. The van der Waals surface area contributed by atoms with Crippen molar-refractivity contribution in [3.63, 3.8) is 0 Å².